The Labute approximate surface area is 109 Å². The summed E-state index contributed by atoms with van der Waals surface area (Å²) in [6, 6.07) is 12.1. The quantitative estimate of drug-likeness (QED) is 0.807. The maximum Gasteiger partial charge on any atom is 0.123 e. The molecular formula is C17H22O. The van der Waals surface area contributed by atoms with Gasteiger partial charge in [-0.15, -0.1) is 0 Å². The molecule has 0 unspecified atom stereocenters. The zero-order valence-electron chi connectivity index (χ0n) is 11.5. The Kier molecular flexibility index (Phi) is 3.60. The molecule has 0 spiro atoms. The molecule has 0 bridgehead atoms. The van der Waals surface area contributed by atoms with E-state index in [0.717, 1.165) is 17.2 Å². The van der Waals surface area contributed by atoms with Gasteiger partial charge >= 0.3 is 0 Å². The SMILES string of the molecule is CCC(C)(C)CCc1ccc2c(O)cccc2c1. The van der Waals surface area contributed by atoms with E-state index in [9.17, 15) is 5.11 Å². The molecule has 0 atom stereocenters. The molecule has 1 nitrogen and oxygen atoms in total. The molecule has 1 N–H and O–H groups in total. The molecule has 2 aromatic rings. The molecule has 0 amide bonds. The minimum absolute atomic E-state index is 0.368. The molecular weight excluding hydrogens is 220 g/mol. The van der Waals surface area contributed by atoms with Gasteiger partial charge in [-0.1, -0.05) is 57.5 Å². The first-order valence-corrected chi connectivity index (χ1v) is 6.72. The minimum Gasteiger partial charge on any atom is -0.507 e. The van der Waals surface area contributed by atoms with Crippen molar-refractivity contribution in [2.24, 2.45) is 5.41 Å². The van der Waals surface area contributed by atoms with Crippen LogP contribution in [-0.4, -0.2) is 5.11 Å². The van der Waals surface area contributed by atoms with Gasteiger partial charge in [-0.3, -0.25) is 0 Å². The van der Waals surface area contributed by atoms with E-state index in [-0.39, 0.29) is 0 Å². The van der Waals surface area contributed by atoms with Crippen molar-refractivity contribution < 1.29 is 5.11 Å². The smallest absolute Gasteiger partial charge is 0.123 e. The summed E-state index contributed by atoms with van der Waals surface area (Å²) in [6.07, 6.45) is 3.52. The van der Waals surface area contributed by atoms with E-state index in [0.29, 0.717) is 11.2 Å². The summed E-state index contributed by atoms with van der Waals surface area (Å²) in [7, 11) is 0. The molecule has 18 heavy (non-hydrogen) atoms. The van der Waals surface area contributed by atoms with Crippen molar-refractivity contribution in [3.8, 4) is 5.75 Å². The Balaban J connectivity index is 2.21. The van der Waals surface area contributed by atoms with Gasteiger partial charge in [0.2, 0.25) is 0 Å². The molecule has 96 valence electrons. The number of phenolic OH excluding ortho intramolecular Hbond substituents is 1. The van der Waals surface area contributed by atoms with Gasteiger partial charge in [0.1, 0.15) is 5.75 Å². The fraction of sp³-hybridized carbons (Fsp3) is 0.412. The Bertz CT molecular complexity index is 540. The number of benzene rings is 2. The van der Waals surface area contributed by atoms with E-state index < -0.39 is 0 Å². The van der Waals surface area contributed by atoms with Crippen molar-refractivity contribution in [3.05, 3.63) is 42.0 Å². The zero-order valence-corrected chi connectivity index (χ0v) is 11.5. The van der Waals surface area contributed by atoms with Crippen molar-refractivity contribution in [2.45, 2.75) is 40.0 Å². The van der Waals surface area contributed by atoms with Crippen molar-refractivity contribution in [3.63, 3.8) is 0 Å². The summed E-state index contributed by atoms with van der Waals surface area (Å²) in [4.78, 5) is 0. The van der Waals surface area contributed by atoms with Gasteiger partial charge in [-0.25, -0.2) is 0 Å². The monoisotopic (exact) mass is 242 g/mol. The lowest BCUT2D eigenvalue weighted by Gasteiger charge is -2.22. The second-order valence-electron chi connectivity index (χ2n) is 5.85. The van der Waals surface area contributed by atoms with Gasteiger partial charge in [0.15, 0.2) is 0 Å². The topological polar surface area (TPSA) is 20.2 Å². The third kappa shape index (κ3) is 2.84. The predicted octanol–water partition coefficient (Wildman–Crippen LogP) is 4.91. The van der Waals surface area contributed by atoms with E-state index in [1.54, 1.807) is 6.07 Å². The van der Waals surface area contributed by atoms with Gasteiger partial charge in [-0.05, 0) is 35.3 Å². The summed E-state index contributed by atoms with van der Waals surface area (Å²) < 4.78 is 0. The number of phenols is 1. The first-order valence-electron chi connectivity index (χ1n) is 6.72. The first-order chi connectivity index (χ1) is 8.52. The second kappa shape index (κ2) is 5.01. The van der Waals surface area contributed by atoms with E-state index >= 15 is 0 Å². The summed E-state index contributed by atoms with van der Waals surface area (Å²) in [6.45, 7) is 6.89. The second-order valence-corrected chi connectivity index (χ2v) is 5.85. The fourth-order valence-corrected chi connectivity index (χ4v) is 2.13. The number of aryl methyl sites for hydroxylation is 1. The van der Waals surface area contributed by atoms with Crippen LogP contribution in [0.25, 0.3) is 10.8 Å². The molecule has 0 aliphatic heterocycles. The highest BCUT2D eigenvalue weighted by molar-refractivity contribution is 5.88. The molecule has 2 rings (SSSR count). The van der Waals surface area contributed by atoms with Gasteiger partial charge in [0, 0.05) is 5.39 Å². The number of hydrogen-bond acceptors (Lipinski definition) is 1. The average molecular weight is 242 g/mol. The van der Waals surface area contributed by atoms with Crippen LogP contribution in [0.15, 0.2) is 36.4 Å². The fourth-order valence-electron chi connectivity index (χ4n) is 2.13. The molecule has 0 saturated carbocycles. The summed E-state index contributed by atoms with van der Waals surface area (Å²) in [5.74, 6) is 0.368. The van der Waals surface area contributed by atoms with E-state index in [1.165, 1.54) is 18.4 Å². The number of hydrogen-bond donors (Lipinski definition) is 1. The van der Waals surface area contributed by atoms with Crippen LogP contribution in [-0.2, 0) is 6.42 Å². The summed E-state index contributed by atoms with van der Waals surface area (Å²) >= 11 is 0. The van der Waals surface area contributed by atoms with Crippen LogP contribution in [0.4, 0.5) is 0 Å². The molecule has 0 saturated heterocycles. The molecule has 0 aliphatic rings. The average Bonchev–Trinajstić information content (AvgIpc) is 2.37. The third-order valence-electron chi connectivity index (χ3n) is 3.97. The largest absolute Gasteiger partial charge is 0.507 e. The lowest BCUT2D eigenvalue weighted by atomic mass is 9.84. The molecule has 0 aliphatic carbocycles. The van der Waals surface area contributed by atoms with E-state index in [4.69, 9.17) is 0 Å². The summed E-state index contributed by atoms with van der Waals surface area (Å²) in [5, 5.41) is 11.8. The van der Waals surface area contributed by atoms with E-state index in [2.05, 4.69) is 39.0 Å². The van der Waals surface area contributed by atoms with Crippen molar-refractivity contribution in [1.29, 1.82) is 0 Å². The van der Waals surface area contributed by atoms with E-state index in [1.807, 2.05) is 12.1 Å². The van der Waals surface area contributed by atoms with Crippen molar-refractivity contribution in [1.82, 2.24) is 0 Å². The maximum atomic E-state index is 9.76. The van der Waals surface area contributed by atoms with Crippen LogP contribution >= 0.6 is 0 Å². The van der Waals surface area contributed by atoms with Crippen molar-refractivity contribution >= 4 is 10.8 Å². The Morgan fingerprint density at radius 1 is 1.11 bits per heavy atom. The van der Waals surface area contributed by atoms with Gasteiger partial charge in [-0.2, -0.15) is 0 Å². The molecule has 0 radical (unpaired) electrons. The van der Waals surface area contributed by atoms with Crippen LogP contribution in [0, 0.1) is 5.41 Å². The number of aromatic hydroxyl groups is 1. The highest BCUT2D eigenvalue weighted by Crippen LogP contribution is 2.29. The van der Waals surface area contributed by atoms with Crippen LogP contribution < -0.4 is 0 Å². The molecule has 0 heterocycles. The Hall–Kier alpha value is -1.50. The zero-order chi connectivity index (χ0) is 13.2. The third-order valence-corrected chi connectivity index (χ3v) is 3.97. The lowest BCUT2D eigenvalue weighted by Crippen LogP contribution is -2.10. The standard InChI is InChI=1S/C17H22O/c1-4-17(2,3)11-10-13-8-9-15-14(12-13)6-5-7-16(15)18/h5-9,12,18H,4,10-11H2,1-3H3. The summed E-state index contributed by atoms with van der Waals surface area (Å²) in [5.41, 5.74) is 1.77. The van der Waals surface area contributed by atoms with Crippen LogP contribution in [0.5, 0.6) is 5.75 Å². The number of rotatable bonds is 4. The predicted molar refractivity (Wildman–Crippen MR) is 78.0 cm³/mol. The van der Waals surface area contributed by atoms with Gasteiger partial charge < -0.3 is 5.11 Å². The molecule has 0 aromatic heterocycles. The van der Waals surface area contributed by atoms with Gasteiger partial charge in [0.25, 0.3) is 0 Å². The Morgan fingerprint density at radius 3 is 2.61 bits per heavy atom. The van der Waals surface area contributed by atoms with Crippen LogP contribution in [0.1, 0.15) is 39.2 Å². The maximum absolute atomic E-state index is 9.76. The number of fused-ring (bicyclic) bond motifs is 1. The van der Waals surface area contributed by atoms with Crippen molar-refractivity contribution in [2.75, 3.05) is 0 Å². The van der Waals surface area contributed by atoms with Crippen LogP contribution in [0.2, 0.25) is 0 Å². The Morgan fingerprint density at radius 2 is 1.89 bits per heavy atom. The normalized spacial score (nSPS) is 11.9. The molecule has 2 aromatic carbocycles. The first kappa shape index (κ1) is 12.9. The lowest BCUT2D eigenvalue weighted by molar-refractivity contribution is 0.322. The van der Waals surface area contributed by atoms with Gasteiger partial charge in [0.05, 0.1) is 0 Å². The highest BCUT2D eigenvalue weighted by Gasteiger charge is 2.14. The van der Waals surface area contributed by atoms with Crippen LogP contribution in [0.3, 0.4) is 0 Å². The minimum atomic E-state index is 0.368. The highest BCUT2D eigenvalue weighted by atomic mass is 16.3. The molecule has 1 heteroatoms. The molecule has 0 fully saturated rings.